The number of nitrogens with zero attached hydrogens (tertiary/aromatic N) is 1. The van der Waals surface area contributed by atoms with Crippen molar-refractivity contribution in [2.45, 2.75) is 13.5 Å². The van der Waals surface area contributed by atoms with Crippen molar-refractivity contribution >= 4 is 16.6 Å². The fourth-order valence-electron chi connectivity index (χ4n) is 3.92. The number of quaternary nitrogens is 1. The number of aryl methyl sites for hydroxylation is 1. The molecule has 3 aromatic rings. The minimum absolute atomic E-state index is 0.123. The highest BCUT2D eigenvalue weighted by molar-refractivity contribution is 5.81. The summed E-state index contributed by atoms with van der Waals surface area (Å²) in [5.41, 5.74) is 4.13. The van der Waals surface area contributed by atoms with Crippen LogP contribution in [0.5, 0.6) is 5.75 Å². The quantitative estimate of drug-likeness (QED) is 0.742. The van der Waals surface area contributed by atoms with Crippen LogP contribution in [0.15, 0.2) is 53.3 Å². The lowest BCUT2D eigenvalue weighted by molar-refractivity contribution is -0.914. The predicted molar refractivity (Wildman–Crippen MR) is 109 cm³/mol. The number of methoxy groups -OCH3 is 1. The second-order valence-corrected chi connectivity index (χ2v) is 7.22. The molecule has 2 heterocycles. The maximum absolute atomic E-state index is 13.1. The number of aromatic amines is 1. The number of H-pyrrole nitrogens is 1. The molecule has 0 atom stereocenters. The molecule has 0 amide bonds. The lowest BCUT2D eigenvalue weighted by Gasteiger charge is -2.33. The first kappa shape index (κ1) is 17.6. The molecule has 140 valence electrons. The van der Waals surface area contributed by atoms with Crippen molar-refractivity contribution in [3.63, 3.8) is 0 Å². The van der Waals surface area contributed by atoms with Gasteiger partial charge in [0.2, 0.25) is 0 Å². The van der Waals surface area contributed by atoms with Crippen LogP contribution in [-0.2, 0) is 6.54 Å². The predicted octanol–water partition coefficient (Wildman–Crippen LogP) is 1.75. The van der Waals surface area contributed by atoms with E-state index in [2.05, 4.69) is 40.2 Å². The number of hydrogen-bond donors (Lipinski definition) is 2. The number of ether oxygens (including phenoxy) is 1. The number of fused-ring (bicyclic) bond motifs is 1. The number of anilines is 1. The van der Waals surface area contributed by atoms with Gasteiger partial charge < -0.3 is 19.5 Å². The van der Waals surface area contributed by atoms with Crippen molar-refractivity contribution in [1.82, 2.24) is 4.98 Å². The highest BCUT2D eigenvalue weighted by atomic mass is 16.5. The van der Waals surface area contributed by atoms with Gasteiger partial charge in [0.25, 0.3) is 0 Å². The number of rotatable bonds is 4. The molecular weight excluding hydrogens is 338 g/mol. The van der Waals surface area contributed by atoms with Crippen LogP contribution in [0.2, 0.25) is 0 Å². The Kier molecular flexibility index (Phi) is 4.86. The summed E-state index contributed by atoms with van der Waals surface area (Å²) >= 11 is 0. The summed E-state index contributed by atoms with van der Waals surface area (Å²) in [4.78, 5) is 20.4. The average Bonchev–Trinajstić information content (AvgIpc) is 2.72. The van der Waals surface area contributed by atoms with Crippen LogP contribution in [0.3, 0.4) is 0 Å². The van der Waals surface area contributed by atoms with Crippen LogP contribution < -0.4 is 20.0 Å². The van der Waals surface area contributed by atoms with Crippen LogP contribution in [0.1, 0.15) is 11.3 Å². The molecule has 0 saturated carbocycles. The fourth-order valence-corrected chi connectivity index (χ4v) is 3.92. The van der Waals surface area contributed by atoms with E-state index in [-0.39, 0.29) is 5.43 Å². The molecule has 0 unspecified atom stereocenters. The average molecular weight is 364 g/mol. The molecule has 1 saturated heterocycles. The third-order valence-electron chi connectivity index (χ3n) is 5.54. The number of nitrogens with one attached hydrogen (secondary N) is 2. The smallest absolute Gasteiger partial charge is 0.198 e. The topological polar surface area (TPSA) is 49.8 Å². The molecule has 0 radical (unpaired) electrons. The molecule has 1 aromatic heterocycles. The van der Waals surface area contributed by atoms with E-state index in [1.54, 1.807) is 7.11 Å². The summed E-state index contributed by atoms with van der Waals surface area (Å²) in [5, 5.41) is 0.706. The van der Waals surface area contributed by atoms with Gasteiger partial charge in [0.15, 0.2) is 5.43 Å². The molecule has 1 aliphatic heterocycles. The van der Waals surface area contributed by atoms with Crippen molar-refractivity contribution in [3.05, 3.63) is 70.0 Å². The van der Waals surface area contributed by atoms with Gasteiger partial charge in [-0.2, -0.15) is 0 Å². The van der Waals surface area contributed by atoms with Crippen molar-refractivity contribution in [1.29, 1.82) is 0 Å². The van der Waals surface area contributed by atoms with Gasteiger partial charge in [0, 0.05) is 22.3 Å². The summed E-state index contributed by atoms with van der Waals surface area (Å²) in [5.74, 6) is 0.714. The lowest BCUT2D eigenvalue weighted by atomic mass is 10.1. The third-order valence-corrected chi connectivity index (χ3v) is 5.54. The van der Waals surface area contributed by atoms with E-state index in [1.807, 2.05) is 25.1 Å². The number of para-hydroxylation sites is 1. The van der Waals surface area contributed by atoms with E-state index in [0.717, 1.165) is 49.5 Å². The standard InChI is InChI=1S/C22H25N3O2/c1-16-20(22(26)19-14-18(27-2)8-9-21(19)23-16)15-24-10-12-25(13-11-24)17-6-4-3-5-7-17/h3-9,14H,10-13,15H2,1-2H3,(H,23,26)/p+1. The molecule has 0 aliphatic carbocycles. The number of hydrogen-bond acceptors (Lipinski definition) is 3. The molecule has 5 nitrogen and oxygen atoms in total. The summed E-state index contributed by atoms with van der Waals surface area (Å²) in [6.45, 7) is 6.85. The normalized spacial score (nSPS) is 15.3. The molecule has 5 heteroatoms. The molecule has 1 aliphatic rings. The molecule has 4 rings (SSSR count). The second-order valence-electron chi connectivity index (χ2n) is 7.22. The number of benzene rings is 2. The Morgan fingerprint density at radius 3 is 2.56 bits per heavy atom. The van der Waals surface area contributed by atoms with Crippen LogP contribution in [-0.4, -0.2) is 38.3 Å². The van der Waals surface area contributed by atoms with Gasteiger partial charge >= 0.3 is 0 Å². The van der Waals surface area contributed by atoms with Gasteiger partial charge in [0.05, 0.1) is 38.9 Å². The molecule has 1 fully saturated rings. The van der Waals surface area contributed by atoms with Gasteiger partial charge in [-0.3, -0.25) is 4.79 Å². The molecule has 0 spiro atoms. The maximum atomic E-state index is 13.1. The lowest BCUT2D eigenvalue weighted by Crippen LogP contribution is -3.13. The van der Waals surface area contributed by atoms with E-state index >= 15 is 0 Å². The van der Waals surface area contributed by atoms with E-state index in [0.29, 0.717) is 11.1 Å². The Morgan fingerprint density at radius 2 is 1.85 bits per heavy atom. The monoisotopic (exact) mass is 364 g/mol. The number of pyridine rings is 1. The minimum atomic E-state index is 0.123. The number of piperazine rings is 1. The molecule has 2 aromatic carbocycles. The van der Waals surface area contributed by atoms with Gasteiger partial charge in [0.1, 0.15) is 12.3 Å². The summed E-state index contributed by atoms with van der Waals surface area (Å²) in [7, 11) is 1.63. The first-order valence-corrected chi connectivity index (χ1v) is 9.49. The van der Waals surface area contributed by atoms with Crippen molar-refractivity contribution in [2.24, 2.45) is 0 Å². The van der Waals surface area contributed by atoms with Gasteiger partial charge in [-0.15, -0.1) is 0 Å². The Hall–Kier alpha value is -2.79. The zero-order valence-corrected chi connectivity index (χ0v) is 15.9. The Morgan fingerprint density at radius 1 is 1.11 bits per heavy atom. The minimum Gasteiger partial charge on any atom is -0.497 e. The molecule has 2 N–H and O–H groups in total. The fraction of sp³-hybridized carbons (Fsp3) is 0.318. The molecule has 27 heavy (non-hydrogen) atoms. The van der Waals surface area contributed by atoms with Crippen molar-refractivity contribution in [3.8, 4) is 5.75 Å². The van der Waals surface area contributed by atoms with Crippen LogP contribution in [0.4, 0.5) is 5.69 Å². The van der Waals surface area contributed by atoms with Crippen LogP contribution in [0, 0.1) is 6.92 Å². The first-order valence-electron chi connectivity index (χ1n) is 9.49. The molecular formula is C22H26N3O2+. The van der Waals surface area contributed by atoms with Gasteiger partial charge in [-0.25, -0.2) is 0 Å². The van der Waals surface area contributed by atoms with E-state index < -0.39 is 0 Å². The SMILES string of the molecule is COc1ccc2[nH]c(C)c(C[NH+]3CCN(c4ccccc4)CC3)c(=O)c2c1. The summed E-state index contributed by atoms with van der Waals surface area (Å²) < 4.78 is 5.29. The maximum Gasteiger partial charge on any atom is 0.198 e. The van der Waals surface area contributed by atoms with Gasteiger partial charge in [-0.1, -0.05) is 18.2 Å². The number of aromatic nitrogens is 1. The zero-order valence-electron chi connectivity index (χ0n) is 15.9. The highest BCUT2D eigenvalue weighted by Gasteiger charge is 2.22. The Bertz CT molecular complexity index is 990. The zero-order chi connectivity index (χ0) is 18.8. The second kappa shape index (κ2) is 7.45. The highest BCUT2D eigenvalue weighted by Crippen LogP contribution is 2.18. The Labute approximate surface area is 159 Å². The third kappa shape index (κ3) is 3.55. The molecule has 0 bridgehead atoms. The van der Waals surface area contributed by atoms with Crippen LogP contribution in [0.25, 0.3) is 10.9 Å². The summed E-state index contributed by atoms with van der Waals surface area (Å²) in [6.07, 6.45) is 0. The van der Waals surface area contributed by atoms with E-state index in [4.69, 9.17) is 4.74 Å². The van der Waals surface area contributed by atoms with Crippen molar-refractivity contribution in [2.75, 3.05) is 38.2 Å². The summed E-state index contributed by atoms with van der Waals surface area (Å²) in [6, 6.07) is 16.2. The van der Waals surface area contributed by atoms with E-state index in [9.17, 15) is 4.79 Å². The van der Waals surface area contributed by atoms with Crippen LogP contribution >= 0.6 is 0 Å². The largest absolute Gasteiger partial charge is 0.497 e. The van der Waals surface area contributed by atoms with E-state index in [1.165, 1.54) is 10.6 Å². The first-order chi connectivity index (χ1) is 13.2. The van der Waals surface area contributed by atoms with Gasteiger partial charge in [-0.05, 0) is 37.3 Å². The Balaban J connectivity index is 1.53. The van der Waals surface area contributed by atoms with Crippen molar-refractivity contribution < 1.29 is 9.64 Å².